The molecule has 4 aliphatic rings. The summed E-state index contributed by atoms with van der Waals surface area (Å²) in [5.41, 5.74) is 4.14. The molecule has 0 spiro atoms. The van der Waals surface area contributed by atoms with Crippen LogP contribution >= 0.6 is 23.1 Å². The van der Waals surface area contributed by atoms with E-state index in [1.807, 2.05) is 0 Å². The zero-order valence-corrected chi connectivity index (χ0v) is 19.2. The van der Waals surface area contributed by atoms with Crippen molar-refractivity contribution in [2.75, 3.05) is 11.4 Å². The highest BCUT2D eigenvalue weighted by molar-refractivity contribution is 8.03. The van der Waals surface area contributed by atoms with E-state index < -0.39 is 0 Å². The maximum absolute atomic E-state index is 13.6. The van der Waals surface area contributed by atoms with Gasteiger partial charge in [-0.1, -0.05) is 47.4 Å². The quantitative estimate of drug-likeness (QED) is 0.500. The predicted octanol–water partition coefficient (Wildman–Crippen LogP) is 5.69. The highest BCUT2D eigenvalue weighted by Crippen LogP contribution is 2.54. The summed E-state index contributed by atoms with van der Waals surface area (Å²) in [4.78, 5) is 17.1. The molecule has 3 aromatic rings. The van der Waals surface area contributed by atoms with Gasteiger partial charge in [0.15, 0.2) is 5.78 Å². The Balaban J connectivity index is 1.29. The summed E-state index contributed by atoms with van der Waals surface area (Å²) in [5, 5.41) is 13.7. The van der Waals surface area contributed by atoms with E-state index in [0.29, 0.717) is 11.3 Å². The van der Waals surface area contributed by atoms with Gasteiger partial charge in [-0.05, 0) is 43.0 Å². The number of Topliss-reactive ketones (excluding diaryl/α,β-unsaturated/α-hetero) is 1. The third kappa shape index (κ3) is 2.51. The van der Waals surface area contributed by atoms with Crippen LogP contribution in [0.3, 0.4) is 0 Å². The van der Waals surface area contributed by atoms with Gasteiger partial charge >= 0.3 is 0 Å². The van der Waals surface area contributed by atoms with Crippen LogP contribution in [0, 0.1) is 5.92 Å². The van der Waals surface area contributed by atoms with Crippen molar-refractivity contribution in [3.05, 3.63) is 75.5 Å². The summed E-state index contributed by atoms with van der Waals surface area (Å²) in [6.07, 6.45) is 3.86. The second-order valence-electron chi connectivity index (χ2n) is 9.02. The Bertz CT molecular complexity index is 1370. The number of thiazole rings is 1. The number of carbonyl (C=O) groups excluding carboxylic acids is 1. The molecule has 3 aliphatic heterocycles. The normalized spacial score (nSPS) is 24.5. The van der Waals surface area contributed by atoms with Gasteiger partial charge in [-0.25, -0.2) is 0 Å². The summed E-state index contributed by atoms with van der Waals surface area (Å²) < 4.78 is 3.64. The minimum Gasteiger partial charge on any atom is -0.511 e. The first-order valence-corrected chi connectivity index (χ1v) is 13.0. The summed E-state index contributed by atoms with van der Waals surface area (Å²) in [6.45, 7) is 1.96. The Kier molecular flexibility index (Phi) is 4.12. The van der Waals surface area contributed by atoms with E-state index in [-0.39, 0.29) is 17.6 Å². The third-order valence-electron chi connectivity index (χ3n) is 7.31. The van der Waals surface area contributed by atoms with E-state index in [1.54, 1.807) is 23.1 Å². The molecule has 1 aliphatic carbocycles. The number of para-hydroxylation sites is 2. The summed E-state index contributed by atoms with van der Waals surface area (Å²) in [6, 6.07) is 16.9. The summed E-state index contributed by atoms with van der Waals surface area (Å²) >= 11 is 3.53. The standard InChI is InChI=1S/C26H22N2O2S2/c29-23-21(15-7-5-13-27-17-9-1-3-11-19(17)31-25(15)27)24(30)22(23)16-8-6-14-28-18-10-2-4-12-20(18)32-26(16)28/h1-4,9-12,15,21H,5-8,13-14H2/p+1. The number of ketones is 1. The molecule has 0 amide bonds. The molecule has 2 unspecified atom stereocenters. The van der Waals surface area contributed by atoms with Crippen molar-refractivity contribution in [2.45, 2.75) is 43.0 Å². The van der Waals surface area contributed by atoms with Crippen molar-refractivity contribution in [3.63, 3.8) is 0 Å². The van der Waals surface area contributed by atoms with Crippen LogP contribution in [0.1, 0.15) is 36.6 Å². The molecule has 7 rings (SSSR count). The molecule has 2 aromatic carbocycles. The van der Waals surface area contributed by atoms with Crippen molar-refractivity contribution in [1.82, 2.24) is 0 Å². The fraction of sp³-hybridized carbons (Fsp3) is 0.308. The van der Waals surface area contributed by atoms with Gasteiger partial charge in [0, 0.05) is 23.9 Å². The largest absolute Gasteiger partial charge is 0.511 e. The first-order chi connectivity index (χ1) is 15.7. The second-order valence-corrected chi connectivity index (χ2v) is 11.1. The van der Waals surface area contributed by atoms with Crippen LogP contribution in [0.5, 0.6) is 0 Å². The van der Waals surface area contributed by atoms with E-state index in [4.69, 9.17) is 0 Å². The molecule has 0 radical (unpaired) electrons. The van der Waals surface area contributed by atoms with Gasteiger partial charge in [0.25, 0.3) is 0 Å². The van der Waals surface area contributed by atoms with Gasteiger partial charge < -0.3 is 10.0 Å². The predicted molar refractivity (Wildman–Crippen MR) is 128 cm³/mol. The zero-order chi connectivity index (χ0) is 21.4. The molecular formula is C26H23N2O2S2+. The van der Waals surface area contributed by atoms with Crippen molar-refractivity contribution in [3.8, 4) is 0 Å². The number of thioether (sulfide) groups is 1. The molecule has 160 valence electrons. The summed E-state index contributed by atoms with van der Waals surface area (Å²) in [7, 11) is 0. The monoisotopic (exact) mass is 459 g/mol. The molecule has 1 N–H and O–H groups in total. The number of aliphatic hydroxyl groups excluding tert-OH is 1. The number of benzene rings is 2. The Hall–Kier alpha value is -2.57. The Morgan fingerprint density at radius 1 is 1.06 bits per heavy atom. The van der Waals surface area contributed by atoms with E-state index >= 15 is 0 Å². The van der Waals surface area contributed by atoms with Crippen LogP contribution in [0.15, 0.2) is 75.4 Å². The third-order valence-corrected chi connectivity index (χ3v) is 9.83. The van der Waals surface area contributed by atoms with Gasteiger partial charge in [-0.15, -0.1) is 0 Å². The minimum absolute atomic E-state index is 0.0797. The lowest BCUT2D eigenvalue weighted by Gasteiger charge is -2.37. The van der Waals surface area contributed by atoms with Crippen LogP contribution in [-0.2, 0) is 11.3 Å². The van der Waals surface area contributed by atoms with E-state index in [0.717, 1.165) is 49.4 Å². The molecule has 32 heavy (non-hydrogen) atoms. The zero-order valence-electron chi connectivity index (χ0n) is 17.6. The fourth-order valence-corrected chi connectivity index (χ4v) is 8.48. The Labute approximate surface area is 194 Å². The van der Waals surface area contributed by atoms with Crippen molar-refractivity contribution in [2.24, 2.45) is 5.92 Å². The van der Waals surface area contributed by atoms with Crippen molar-refractivity contribution < 1.29 is 14.5 Å². The molecule has 4 heterocycles. The maximum atomic E-state index is 13.6. The van der Waals surface area contributed by atoms with Gasteiger partial charge in [-0.3, -0.25) is 4.79 Å². The van der Waals surface area contributed by atoms with Gasteiger partial charge in [0.1, 0.15) is 17.0 Å². The lowest BCUT2D eigenvalue weighted by Crippen LogP contribution is -2.46. The number of hydrogen-bond acceptors (Lipinski definition) is 5. The first-order valence-electron chi connectivity index (χ1n) is 11.4. The number of hydrogen-bond donors (Lipinski definition) is 1. The lowest BCUT2D eigenvalue weighted by atomic mass is 9.69. The molecule has 1 aromatic heterocycles. The van der Waals surface area contributed by atoms with Gasteiger partial charge in [0.05, 0.1) is 28.1 Å². The lowest BCUT2D eigenvalue weighted by molar-refractivity contribution is -0.682. The van der Waals surface area contributed by atoms with Crippen LogP contribution in [-0.4, -0.2) is 17.4 Å². The van der Waals surface area contributed by atoms with Crippen LogP contribution in [0.2, 0.25) is 0 Å². The Morgan fingerprint density at radius 2 is 1.91 bits per heavy atom. The number of allylic oxidation sites excluding steroid dienone is 3. The topological polar surface area (TPSA) is 44.4 Å². The number of nitrogens with zero attached hydrogens (tertiary/aromatic N) is 2. The maximum Gasteiger partial charge on any atom is 0.242 e. The highest BCUT2D eigenvalue weighted by Gasteiger charge is 2.51. The van der Waals surface area contributed by atoms with Crippen molar-refractivity contribution >= 4 is 44.8 Å². The van der Waals surface area contributed by atoms with E-state index in [1.165, 1.54) is 25.8 Å². The molecule has 0 fully saturated rings. The number of rotatable bonds is 2. The number of aliphatic hydroxyl groups is 1. The summed E-state index contributed by atoms with van der Waals surface area (Å²) in [5.74, 6) is 0.157. The van der Waals surface area contributed by atoms with E-state index in [9.17, 15) is 9.90 Å². The average molecular weight is 460 g/mol. The Morgan fingerprint density at radius 3 is 2.81 bits per heavy atom. The van der Waals surface area contributed by atoms with Crippen molar-refractivity contribution in [1.29, 1.82) is 0 Å². The highest BCUT2D eigenvalue weighted by atomic mass is 32.2. The first kappa shape index (κ1) is 18.9. The molecule has 0 bridgehead atoms. The van der Waals surface area contributed by atoms with Crippen LogP contribution in [0.4, 0.5) is 5.69 Å². The van der Waals surface area contributed by atoms with Gasteiger partial charge in [0.2, 0.25) is 10.5 Å². The number of carbonyl (C=O) groups is 1. The van der Waals surface area contributed by atoms with Crippen LogP contribution in [0.25, 0.3) is 10.2 Å². The molecule has 0 saturated heterocycles. The smallest absolute Gasteiger partial charge is 0.242 e. The molecule has 0 saturated carbocycles. The molecule has 4 nitrogen and oxygen atoms in total. The average Bonchev–Trinajstić information content (AvgIpc) is 3.39. The number of aryl methyl sites for hydroxylation is 1. The molecule has 2 atom stereocenters. The molecule has 6 heteroatoms. The fourth-order valence-electron chi connectivity index (χ4n) is 5.86. The molecular weight excluding hydrogens is 436 g/mol. The number of fused-ring (bicyclic) bond motifs is 6. The van der Waals surface area contributed by atoms with E-state index in [2.05, 4.69) is 58.0 Å². The SMILES string of the molecule is O=C1C(C2=C3Sc4ccccc4N3CCC2)=C(O)C1C1CCC[n+]2c1sc1ccccc12. The number of aromatic nitrogens is 1. The van der Waals surface area contributed by atoms with Gasteiger partial charge in [-0.2, -0.15) is 4.57 Å². The minimum atomic E-state index is -0.387. The number of anilines is 1. The van der Waals surface area contributed by atoms with Crippen LogP contribution < -0.4 is 9.47 Å². The second kappa shape index (κ2) is 6.96.